The fourth-order valence-electron chi connectivity index (χ4n) is 3.69. The minimum absolute atomic E-state index is 0.145. The number of hydrogen-bond acceptors (Lipinski definition) is 10. The molecule has 0 saturated carbocycles. The summed E-state index contributed by atoms with van der Waals surface area (Å²) in [6, 6.07) is 5.05. The van der Waals surface area contributed by atoms with Gasteiger partial charge in [0.05, 0.1) is 6.61 Å². The van der Waals surface area contributed by atoms with Crippen LogP contribution in [-0.4, -0.2) is 75.7 Å². The summed E-state index contributed by atoms with van der Waals surface area (Å²) >= 11 is 0. The van der Waals surface area contributed by atoms with Gasteiger partial charge in [-0.1, -0.05) is 23.3 Å². The maximum atomic E-state index is 13.6. The predicted octanol–water partition coefficient (Wildman–Crippen LogP) is 2.08. The van der Waals surface area contributed by atoms with Crippen LogP contribution in [0, 0.1) is 0 Å². The monoisotopic (exact) mass is 520 g/mol. The molecule has 13 heteroatoms. The van der Waals surface area contributed by atoms with Crippen molar-refractivity contribution in [2.45, 2.75) is 71.5 Å². The molecule has 0 aromatic heterocycles. The minimum atomic E-state index is -2.83. The summed E-state index contributed by atoms with van der Waals surface area (Å²) in [4.78, 5) is 50.9. The van der Waals surface area contributed by atoms with Crippen LogP contribution in [0.4, 0.5) is 5.69 Å². The average Bonchev–Trinajstić information content (AvgIpc) is 2.79. The molecule has 0 atom stereocenters. The highest BCUT2D eigenvalue weighted by Crippen LogP contribution is 2.27. The summed E-state index contributed by atoms with van der Waals surface area (Å²) in [5, 5.41) is 13.2. The van der Waals surface area contributed by atoms with Crippen LogP contribution in [0.1, 0.15) is 52.7 Å². The first-order chi connectivity index (χ1) is 17.2. The molecule has 1 aliphatic rings. The Morgan fingerprint density at radius 2 is 1.57 bits per heavy atom. The van der Waals surface area contributed by atoms with E-state index in [4.69, 9.17) is 25.7 Å². The van der Waals surface area contributed by atoms with Gasteiger partial charge in [-0.05, 0) is 58.2 Å². The van der Waals surface area contributed by atoms with E-state index in [1.807, 2.05) is 4.90 Å². The van der Waals surface area contributed by atoms with Gasteiger partial charge in [0.1, 0.15) is 11.2 Å². The molecule has 3 N–H and O–H groups in total. The van der Waals surface area contributed by atoms with Crippen molar-refractivity contribution in [3.8, 4) is 0 Å². The molecule has 2 rings (SSSR count). The second kappa shape index (κ2) is 11.9. The van der Waals surface area contributed by atoms with Crippen molar-refractivity contribution < 1.29 is 33.8 Å². The lowest BCUT2D eigenvalue weighted by Gasteiger charge is -2.39. The third-order valence-electron chi connectivity index (χ3n) is 5.38. The van der Waals surface area contributed by atoms with E-state index in [0.717, 1.165) is 0 Å². The van der Waals surface area contributed by atoms with E-state index < -0.39 is 34.6 Å². The Morgan fingerprint density at radius 1 is 1.03 bits per heavy atom. The number of hydrogen-bond donors (Lipinski definition) is 2. The zero-order chi connectivity index (χ0) is 28.0. The molecule has 1 aliphatic heterocycles. The summed E-state index contributed by atoms with van der Waals surface area (Å²) in [5.41, 5.74) is 5.78. The van der Waals surface area contributed by atoms with Crippen LogP contribution in [0.2, 0.25) is 0 Å². The fraction of sp³-hybridized carbons (Fsp3) is 0.625. The molecule has 0 radical (unpaired) electrons. The third-order valence-corrected chi connectivity index (χ3v) is 5.38. The second-order valence-corrected chi connectivity index (χ2v) is 10.7. The van der Waals surface area contributed by atoms with Crippen LogP contribution >= 0.6 is 0 Å². The number of rotatable bonds is 8. The third kappa shape index (κ3) is 7.63. The summed E-state index contributed by atoms with van der Waals surface area (Å²) in [5.74, 6) is 1.94. The topological polar surface area (TPSA) is 180 Å². The van der Waals surface area contributed by atoms with E-state index in [1.165, 1.54) is 4.90 Å². The van der Waals surface area contributed by atoms with Crippen LogP contribution in [0.15, 0.2) is 23.3 Å². The lowest BCUT2D eigenvalue weighted by atomic mass is 10.00. The molecule has 13 nitrogen and oxygen atoms in total. The van der Waals surface area contributed by atoms with Gasteiger partial charge in [-0.3, -0.25) is 14.5 Å². The molecular weight excluding hydrogens is 484 g/mol. The summed E-state index contributed by atoms with van der Waals surface area (Å²) in [6.45, 7) is 10.8. The van der Waals surface area contributed by atoms with Gasteiger partial charge in [-0.15, -0.1) is 0 Å². The number of aliphatic hydroxyl groups is 1. The van der Waals surface area contributed by atoms with Gasteiger partial charge in [0, 0.05) is 43.3 Å². The number of piperazine rings is 1. The van der Waals surface area contributed by atoms with E-state index in [1.54, 1.807) is 59.7 Å². The molecule has 0 aliphatic carbocycles. The van der Waals surface area contributed by atoms with Crippen molar-refractivity contribution in [3.05, 3.63) is 39.8 Å². The van der Waals surface area contributed by atoms with Crippen LogP contribution in [0.3, 0.4) is 0 Å². The van der Waals surface area contributed by atoms with Gasteiger partial charge >= 0.3 is 17.5 Å². The number of carbonyl (C=O) groups excluding carboxylic acids is 3. The van der Waals surface area contributed by atoms with E-state index in [2.05, 4.69) is 10.0 Å². The lowest BCUT2D eigenvalue weighted by molar-refractivity contribution is -0.208. The van der Waals surface area contributed by atoms with Gasteiger partial charge in [0.25, 0.3) is 5.91 Å². The van der Waals surface area contributed by atoms with Crippen LogP contribution < -0.4 is 5.90 Å². The Morgan fingerprint density at radius 3 is 2.00 bits per heavy atom. The molecule has 37 heavy (non-hydrogen) atoms. The number of esters is 2. The van der Waals surface area contributed by atoms with Crippen LogP contribution in [0.5, 0.6) is 0 Å². The van der Waals surface area contributed by atoms with Gasteiger partial charge < -0.3 is 19.5 Å². The zero-order valence-electron chi connectivity index (χ0n) is 22.2. The first kappa shape index (κ1) is 30.0. The molecule has 204 valence electrons. The standard InChI is InChI=1S/C24H36N6O7/c1-22(2,3)35-20(33)24(37-26,21(34)36-23(4,5)6)19(32)30-11-9-29(10-12-30)14-17-13-16(15-31)7-8-18(17)27-28-25/h7-8,13,31H,9-12,14-15,26H2,1-6H3. The predicted molar refractivity (Wildman–Crippen MR) is 133 cm³/mol. The minimum Gasteiger partial charge on any atom is -0.457 e. The van der Waals surface area contributed by atoms with Gasteiger partial charge in [-0.2, -0.15) is 0 Å². The number of carbonyl (C=O) groups is 3. The fourth-order valence-corrected chi connectivity index (χ4v) is 3.69. The van der Waals surface area contributed by atoms with Crippen molar-refractivity contribution in [3.63, 3.8) is 0 Å². The second-order valence-electron chi connectivity index (χ2n) is 10.7. The molecule has 1 amide bonds. The lowest BCUT2D eigenvalue weighted by Crippen LogP contribution is -2.66. The molecule has 1 fully saturated rings. The molecule has 0 bridgehead atoms. The Bertz CT molecular complexity index is 1020. The number of nitrogens with zero attached hydrogens (tertiary/aromatic N) is 5. The number of aliphatic hydroxyl groups excluding tert-OH is 1. The molecule has 0 spiro atoms. The highest BCUT2D eigenvalue weighted by atomic mass is 16.7. The van der Waals surface area contributed by atoms with Crippen molar-refractivity contribution >= 4 is 23.5 Å². The number of amides is 1. The number of nitrogens with two attached hydrogens (primary N) is 1. The normalized spacial score (nSPS) is 15.1. The molecule has 1 aromatic rings. The number of azide groups is 1. The average molecular weight is 521 g/mol. The van der Waals surface area contributed by atoms with Crippen molar-refractivity contribution in [1.29, 1.82) is 0 Å². The number of ether oxygens (including phenoxy) is 2. The molecule has 1 aromatic carbocycles. The smallest absolute Gasteiger partial charge is 0.363 e. The Hall–Kier alpha value is -3.22. The molecule has 0 unspecified atom stereocenters. The zero-order valence-corrected chi connectivity index (χ0v) is 22.2. The summed E-state index contributed by atoms with van der Waals surface area (Å²) in [7, 11) is 0. The first-order valence-corrected chi connectivity index (χ1v) is 11.8. The van der Waals surface area contributed by atoms with E-state index in [9.17, 15) is 19.5 Å². The van der Waals surface area contributed by atoms with Crippen molar-refractivity contribution in [2.75, 3.05) is 26.2 Å². The number of benzene rings is 1. The van der Waals surface area contributed by atoms with Gasteiger partial charge in [0.2, 0.25) is 0 Å². The van der Waals surface area contributed by atoms with Crippen LogP contribution in [0.25, 0.3) is 10.4 Å². The van der Waals surface area contributed by atoms with E-state index >= 15 is 0 Å². The maximum Gasteiger partial charge on any atom is 0.363 e. The quantitative estimate of drug-likeness (QED) is 0.129. The maximum absolute atomic E-state index is 13.6. The Kier molecular flexibility index (Phi) is 9.64. The van der Waals surface area contributed by atoms with E-state index in [0.29, 0.717) is 36.4 Å². The Labute approximate surface area is 216 Å². The molecular formula is C24H36N6O7. The van der Waals surface area contributed by atoms with Crippen molar-refractivity contribution in [2.24, 2.45) is 11.0 Å². The SMILES string of the molecule is CC(C)(C)OC(=O)C(ON)(C(=O)OC(C)(C)C)C(=O)N1CCN(Cc2cc(CO)ccc2N=[N+]=[N-])CC1. The highest BCUT2D eigenvalue weighted by molar-refractivity contribution is 6.23. The summed E-state index contributed by atoms with van der Waals surface area (Å²) < 4.78 is 10.7. The van der Waals surface area contributed by atoms with Crippen molar-refractivity contribution in [1.82, 2.24) is 9.80 Å². The highest BCUT2D eigenvalue weighted by Gasteiger charge is 2.61. The first-order valence-electron chi connectivity index (χ1n) is 11.8. The molecule has 1 saturated heterocycles. The molecule has 1 heterocycles. The van der Waals surface area contributed by atoms with Gasteiger partial charge in [0.15, 0.2) is 0 Å². The van der Waals surface area contributed by atoms with E-state index in [-0.39, 0.29) is 19.7 Å². The Balaban J connectivity index is 2.26. The van der Waals surface area contributed by atoms with Crippen LogP contribution in [-0.2, 0) is 41.8 Å². The van der Waals surface area contributed by atoms with Gasteiger partial charge in [-0.25, -0.2) is 15.5 Å². The largest absolute Gasteiger partial charge is 0.457 e. The summed E-state index contributed by atoms with van der Waals surface area (Å²) in [6.07, 6.45) is 0.